The van der Waals surface area contributed by atoms with Gasteiger partial charge in [-0.15, -0.1) is 0 Å². The van der Waals surface area contributed by atoms with Crippen molar-refractivity contribution in [2.45, 2.75) is 38.6 Å². The zero-order chi connectivity index (χ0) is 20.7. The molecule has 0 aromatic heterocycles. The van der Waals surface area contributed by atoms with E-state index < -0.39 is 11.9 Å². The minimum Gasteiger partial charge on any atom is -0.324 e. The van der Waals surface area contributed by atoms with Gasteiger partial charge in [-0.05, 0) is 44.4 Å². The minimum absolute atomic E-state index is 0.0272. The molecule has 29 heavy (non-hydrogen) atoms. The molecule has 7 nitrogen and oxygen atoms in total. The molecule has 0 spiro atoms. The maximum Gasteiger partial charge on any atom is 0.247 e. The molecule has 2 heterocycles. The summed E-state index contributed by atoms with van der Waals surface area (Å²) in [7, 11) is 0. The minimum atomic E-state index is -0.917. The van der Waals surface area contributed by atoms with Crippen LogP contribution in [0.4, 0.5) is 11.4 Å². The normalized spacial score (nSPS) is 24.8. The summed E-state index contributed by atoms with van der Waals surface area (Å²) in [4.78, 5) is 52.7. The number of anilines is 2. The number of carbonyl (C=O) groups excluding carboxylic acids is 4. The van der Waals surface area contributed by atoms with Crippen LogP contribution in [0.5, 0.6) is 0 Å². The average Bonchev–Trinajstić information content (AvgIpc) is 3.23. The van der Waals surface area contributed by atoms with E-state index >= 15 is 0 Å². The predicted molar refractivity (Wildman–Crippen MR) is 108 cm³/mol. The fourth-order valence-electron chi connectivity index (χ4n) is 4.28. The van der Waals surface area contributed by atoms with Crippen molar-refractivity contribution < 1.29 is 19.2 Å². The van der Waals surface area contributed by atoms with Crippen LogP contribution in [-0.2, 0) is 19.2 Å². The Kier molecular flexibility index (Phi) is 5.17. The van der Waals surface area contributed by atoms with Gasteiger partial charge in [-0.1, -0.05) is 23.8 Å². The Morgan fingerprint density at radius 3 is 2.34 bits per heavy atom. The molecule has 2 fully saturated rings. The third-order valence-corrected chi connectivity index (χ3v) is 6.19. The lowest BCUT2D eigenvalue weighted by Crippen LogP contribution is -2.46. The van der Waals surface area contributed by atoms with Crippen molar-refractivity contribution in [3.63, 3.8) is 0 Å². The van der Waals surface area contributed by atoms with E-state index in [2.05, 4.69) is 5.32 Å². The first-order chi connectivity index (χ1) is 13.9. The van der Waals surface area contributed by atoms with Gasteiger partial charge < -0.3 is 10.2 Å². The zero-order valence-corrected chi connectivity index (χ0v) is 16.8. The standard InChI is InChI=1S/C21H22ClN3O4/c1-12(25-20(28)14-5-2-3-6-15(14)21(25)29)19(27)23-13-8-9-17(16(22)11-13)24-10-4-7-18(24)26/h2-3,8-9,11-12,14-15H,4-7,10H2,1H3,(H,23,27)/t12-,14+,15+/m1/s1. The molecule has 1 aromatic rings. The van der Waals surface area contributed by atoms with Crippen LogP contribution in [0.2, 0.25) is 5.02 Å². The van der Waals surface area contributed by atoms with Crippen LogP contribution in [0.15, 0.2) is 30.4 Å². The second kappa shape index (κ2) is 7.63. The van der Waals surface area contributed by atoms with Gasteiger partial charge in [0.15, 0.2) is 0 Å². The first-order valence-electron chi connectivity index (χ1n) is 9.81. The van der Waals surface area contributed by atoms with E-state index in [9.17, 15) is 19.2 Å². The molecule has 8 heteroatoms. The van der Waals surface area contributed by atoms with E-state index in [0.717, 1.165) is 11.3 Å². The first kappa shape index (κ1) is 19.6. The van der Waals surface area contributed by atoms with Crippen molar-refractivity contribution in [3.05, 3.63) is 35.4 Å². The van der Waals surface area contributed by atoms with Crippen molar-refractivity contribution in [1.82, 2.24) is 4.90 Å². The smallest absolute Gasteiger partial charge is 0.247 e. The maximum atomic E-state index is 12.7. The quantitative estimate of drug-likeness (QED) is 0.605. The average molecular weight is 416 g/mol. The summed E-state index contributed by atoms with van der Waals surface area (Å²) in [6, 6.07) is 4.01. The van der Waals surface area contributed by atoms with Gasteiger partial charge in [-0.2, -0.15) is 0 Å². The molecule has 0 radical (unpaired) electrons. The van der Waals surface area contributed by atoms with Gasteiger partial charge in [-0.3, -0.25) is 24.1 Å². The number of hydrogen-bond donors (Lipinski definition) is 1. The van der Waals surface area contributed by atoms with Crippen LogP contribution in [0.25, 0.3) is 0 Å². The monoisotopic (exact) mass is 415 g/mol. The number of carbonyl (C=O) groups is 4. The van der Waals surface area contributed by atoms with Crippen molar-refractivity contribution in [2.75, 3.05) is 16.8 Å². The highest BCUT2D eigenvalue weighted by Gasteiger charge is 2.50. The highest BCUT2D eigenvalue weighted by molar-refractivity contribution is 6.34. The van der Waals surface area contributed by atoms with E-state index in [1.54, 1.807) is 30.0 Å². The highest BCUT2D eigenvalue weighted by atomic mass is 35.5. The fourth-order valence-corrected chi connectivity index (χ4v) is 4.56. The fraction of sp³-hybridized carbons (Fsp3) is 0.429. The number of hydrogen-bond acceptors (Lipinski definition) is 4. The third kappa shape index (κ3) is 3.44. The summed E-state index contributed by atoms with van der Waals surface area (Å²) in [6.07, 6.45) is 6.19. The van der Waals surface area contributed by atoms with Crippen molar-refractivity contribution >= 4 is 46.6 Å². The lowest BCUT2D eigenvalue weighted by molar-refractivity contribution is -0.146. The molecular weight excluding hydrogens is 394 g/mol. The Hall–Kier alpha value is -2.67. The number of allylic oxidation sites excluding steroid dienone is 2. The molecule has 3 atom stereocenters. The molecule has 2 saturated heterocycles. The van der Waals surface area contributed by atoms with Crippen LogP contribution in [0, 0.1) is 11.8 Å². The van der Waals surface area contributed by atoms with Gasteiger partial charge in [-0.25, -0.2) is 0 Å². The summed E-state index contributed by atoms with van der Waals surface area (Å²) in [5.41, 5.74) is 1.06. The van der Waals surface area contributed by atoms with Gasteiger partial charge >= 0.3 is 0 Å². The van der Waals surface area contributed by atoms with E-state index in [1.165, 1.54) is 0 Å². The van der Waals surface area contributed by atoms with Gasteiger partial charge in [0.2, 0.25) is 23.6 Å². The zero-order valence-electron chi connectivity index (χ0n) is 16.1. The van der Waals surface area contributed by atoms with Gasteiger partial charge in [0.25, 0.3) is 0 Å². The van der Waals surface area contributed by atoms with E-state index in [-0.39, 0.29) is 29.6 Å². The number of imide groups is 1. The Morgan fingerprint density at radius 1 is 1.14 bits per heavy atom. The summed E-state index contributed by atoms with van der Waals surface area (Å²) < 4.78 is 0. The summed E-state index contributed by atoms with van der Waals surface area (Å²) >= 11 is 6.32. The van der Waals surface area contributed by atoms with Crippen LogP contribution in [0.3, 0.4) is 0 Å². The van der Waals surface area contributed by atoms with Gasteiger partial charge in [0.05, 0.1) is 22.5 Å². The number of rotatable bonds is 4. The Balaban J connectivity index is 1.46. The molecule has 1 N–H and O–H groups in total. The first-order valence-corrected chi connectivity index (χ1v) is 10.2. The lowest BCUT2D eigenvalue weighted by atomic mass is 9.85. The second-order valence-corrected chi connectivity index (χ2v) is 8.09. The van der Waals surface area contributed by atoms with Crippen LogP contribution >= 0.6 is 11.6 Å². The topological polar surface area (TPSA) is 86.8 Å². The molecule has 2 aliphatic heterocycles. The molecule has 4 amide bonds. The molecule has 1 aliphatic carbocycles. The lowest BCUT2D eigenvalue weighted by Gasteiger charge is -2.23. The van der Waals surface area contributed by atoms with E-state index in [4.69, 9.17) is 11.6 Å². The Morgan fingerprint density at radius 2 is 1.79 bits per heavy atom. The number of likely N-dealkylation sites (tertiary alicyclic amines) is 1. The van der Waals surface area contributed by atoms with Crippen molar-refractivity contribution in [1.29, 1.82) is 0 Å². The number of halogens is 1. The summed E-state index contributed by atoms with van der Waals surface area (Å²) in [5.74, 6) is -1.73. The van der Waals surface area contributed by atoms with Gasteiger partial charge in [0, 0.05) is 18.7 Å². The SMILES string of the molecule is C[C@H](C(=O)Nc1ccc(N2CCCC2=O)c(Cl)c1)N1C(=O)[C@H]2CC=CC[C@@H]2C1=O. The number of amides is 4. The Labute approximate surface area is 173 Å². The van der Waals surface area contributed by atoms with Gasteiger partial charge in [0.1, 0.15) is 6.04 Å². The second-order valence-electron chi connectivity index (χ2n) is 7.68. The predicted octanol–water partition coefficient (Wildman–Crippen LogP) is 2.75. The van der Waals surface area contributed by atoms with E-state index in [1.807, 2.05) is 12.2 Å². The third-order valence-electron chi connectivity index (χ3n) is 5.89. The summed E-state index contributed by atoms with van der Waals surface area (Å²) in [5, 5.41) is 3.08. The molecule has 152 valence electrons. The molecule has 0 unspecified atom stereocenters. The molecule has 0 saturated carbocycles. The number of benzene rings is 1. The van der Waals surface area contributed by atoms with Crippen molar-refractivity contribution in [2.24, 2.45) is 11.8 Å². The van der Waals surface area contributed by atoms with Crippen LogP contribution in [-0.4, -0.2) is 41.1 Å². The maximum absolute atomic E-state index is 12.7. The van der Waals surface area contributed by atoms with E-state index in [0.29, 0.717) is 42.2 Å². The molecule has 1 aromatic carbocycles. The Bertz CT molecular complexity index is 903. The number of fused-ring (bicyclic) bond motifs is 1. The largest absolute Gasteiger partial charge is 0.324 e. The number of nitrogens with one attached hydrogen (secondary N) is 1. The van der Waals surface area contributed by atoms with Crippen LogP contribution < -0.4 is 10.2 Å². The highest BCUT2D eigenvalue weighted by Crippen LogP contribution is 2.36. The molecule has 3 aliphatic rings. The van der Waals surface area contributed by atoms with Crippen molar-refractivity contribution in [3.8, 4) is 0 Å². The molecular formula is C21H22ClN3O4. The summed E-state index contributed by atoms with van der Waals surface area (Å²) in [6.45, 7) is 2.17. The number of nitrogens with zero attached hydrogens (tertiary/aromatic N) is 2. The molecule has 4 rings (SSSR count). The van der Waals surface area contributed by atoms with Crippen LogP contribution in [0.1, 0.15) is 32.6 Å². The molecule has 0 bridgehead atoms.